The van der Waals surface area contributed by atoms with Gasteiger partial charge in [-0.25, -0.2) is 0 Å². The summed E-state index contributed by atoms with van der Waals surface area (Å²) in [5, 5.41) is 21.4. The smallest absolute Gasteiger partial charge is 0.231 e. The topological polar surface area (TPSA) is 83.6 Å². The first-order chi connectivity index (χ1) is 10.6. The summed E-state index contributed by atoms with van der Waals surface area (Å²) < 4.78 is 2.10. The molecule has 0 radical (unpaired) electrons. The summed E-state index contributed by atoms with van der Waals surface area (Å²) in [7, 11) is 0. The Morgan fingerprint density at radius 3 is 2.73 bits per heavy atom. The first kappa shape index (κ1) is 15.3. The van der Waals surface area contributed by atoms with Crippen molar-refractivity contribution in [1.82, 2.24) is 20.1 Å². The second kappa shape index (κ2) is 5.92. The Bertz CT molecular complexity index is 614. The van der Waals surface area contributed by atoms with Crippen LogP contribution in [0.15, 0.2) is 5.16 Å². The van der Waals surface area contributed by atoms with Gasteiger partial charge in [0.2, 0.25) is 5.91 Å². The Hall–Kier alpha value is -1.55. The number of aromatic nitrogens is 3. The van der Waals surface area contributed by atoms with Gasteiger partial charge in [0.1, 0.15) is 11.4 Å². The van der Waals surface area contributed by atoms with E-state index in [1.165, 1.54) is 24.6 Å². The number of hydrogen-bond acceptors (Lipinski definition) is 5. The first-order valence-electron chi connectivity index (χ1n) is 7.85. The predicted molar refractivity (Wildman–Crippen MR) is 83.3 cm³/mol. The molecule has 118 valence electrons. The third kappa shape index (κ3) is 3.12. The Morgan fingerprint density at radius 2 is 2.18 bits per heavy atom. The maximum absolute atomic E-state index is 12.1. The average molecular weight is 319 g/mol. The fraction of sp³-hybridized carbons (Fsp3) is 0.733. The lowest BCUT2D eigenvalue weighted by molar-refractivity contribution is -0.119. The lowest BCUT2D eigenvalue weighted by atomic mass is 9.98. The van der Waals surface area contributed by atoms with Crippen LogP contribution < -0.4 is 5.32 Å². The Balaban J connectivity index is 1.58. The van der Waals surface area contributed by atoms with Crippen LogP contribution in [0.1, 0.15) is 51.3 Å². The Kier molecular flexibility index (Phi) is 4.13. The lowest BCUT2D eigenvalue weighted by Gasteiger charge is -2.22. The number of hydrogen-bond donors (Lipinski definition) is 1. The van der Waals surface area contributed by atoms with Crippen molar-refractivity contribution in [3.63, 3.8) is 0 Å². The zero-order chi connectivity index (χ0) is 15.7. The predicted octanol–water partition coefficient (Wildman–Crippen LogP) is 2.08. The fourth-order valence-corrected chi connectivity index (χ4v) is 3.49. The molecule has 1 atom stereocenters. The summed E-state index contributed by atoms with van der Waals surface area (Å²) in [6.07, 6.45) is 4.41. The molecule has 1 N–H and O–H groups in total. The second-order valence-electron chi connectivity index (χ2n) is 6.28. The molecule has 2 fully saturated rings. The van der Waals surface area contributed by atoms with Crippen molar-refractivity contribution in [3.05, 3.63) is 5.82 Å². The van der Waals surface area contributed by atoms with Crippen LogP contribution in [0.25, 0.3) is 0 Å². The number of carbonyl (C=O) groups is 1. The van der Waals surface area contributed by atoms with Gasteiger partial charge in [0.05, 0.1) is 11.8 Å². The van der Waals surface area contributed by atoms with E-state index >= 15 is 0 Å². The van der Waals surface area contributed by atoms with E-state index in [9.17, 15) is 10.1 Å². The van der Waals surface area contributed by atoms with Crippen LogP contribution in [-0.4, -0.2) is 32.0 Å². The minimum atomic E-state index is -0.727. The molecule has 2 aliphatic rings. The highest BCUT2D eigenvalue weighted by Crippen LogP contribution is 2.40. The van der Waals surface area contributed by atoms with Crippen molar-refractivity contribution in [2.45, 2.75) is 62.7 Å². The zero-order valence-electron chi connectivity index (χ0n) is 13.0. The molecule has 1 amide bonds. The number of nitrogens with zero attached hydrogens (tertiary/aromatic N) is 4. The Morgan fingerprint density at radius 1 is 1.45 bits per heavy atom. The molecule has 22 heavy (non-hydrogen) atoms. The second-order valence-corrected chi connectivity index (χ2v) is 7.23. The molecule has 6 nitrogen and oxygen atoms in total. The monoisotopic (exact) mass is 319 g/mol. The minimum Gasteiger partial charge on any atom is -0.337 e. The number of amides is 1. The van der Waals surface area contributed by atoms with E-state index in [1.807, 2.05) is 6.92 Å². The molecule has 0 spiro atoms. The van der Waals surface area contributed by atoms with Gasteiger partial charge < -0.3 is 9.88 Å². The molecule has 2 aliphatic carbocycles. The molecule has 0 unspecified atom stereocenters. The van der Waals surface area contributed by atoms with Crippen LogP contribution in [0.4, 0.5) is 0 Å². The fourth-order valence-electron chi connectivity index (χ4n) is 2.69. The molecule has 1 aromatic heterocycles. The summed E-state index contributed by atoms with van der Waals surface area (Å²) in [5.74, 6) is 2.05. The van der Waals surface area contributed by atoms with Crippen molar-refractivity contribution in [2.75, 3.05) is 5.75 Å². The summed E-state index contributed by atoms with van der Waals surface area (Å²) in [4.78, 5) is 12.1. The van der Waals surface area contributed by atoms with Gasteiger partial charge in [-0.05, 0) is 45.4 Å². The van der Waals surface area contributed by atoms with Crippen molar-refractivity contribution in [3.8, 4) is 6.07 Å². The molecule has 0 aliphatic heterocycles. The summed E-state index contributed by atoms with van der Waals surface area (Å²) in [6, 6.07) is 2.24. The van der Waals surface area contributed by atoms with E-state index in [4.69, 9.17) is 0 Å². The number of thioether (sulfide) groups is 1. The van der Waals surface area contributed by atoms with Crippen LogP contribution in [0.5, 0.6) is 0 Å². The largest absolute Gasteiger partial charge is 0.337 e. The van der Waals surface area contributed by atoms with Crippen LogP contribution >= 0.6 is 11.8 Å². The average Bonchev–Trinajstić information content (AvgIpc) is 3.40. The molecule has 2 saturated carbocycles. The van der Waals surface area contributed by atoms with E-state index in [2.05, 4.69) is 33.1 Å². The van der Waals surface area contributed by atoms with E-state index in [0.717, 1.165) is 30.4 Å². The van der Waals surface area contributed by atoms with Gasteiger partial charge in [-0.3, -0.25) is 4.79 Å². The molecule has 7 heteroatoms. The van der Waals surface area contributed by atoms with Crippen LogP contribution in [0.2, 0.25) is 0 Å². The lowest BCUT2D eigenvalue weighted by Crippen LogP contribution is -2.47. The highest BCUT2D eigenvalue weighted by Gasteiger charge is 2.43. The number of rotatable bonds is 7. The van der Waals surface area contributed by atoms with Gasteiger partial charge in [0, 0.05) is 12.5 Å². The molecule has 1 aromatic rings. The third-order valence-corrected chi connectivity index (χ3v) is 5.33. The van der Waals surface area contributed by atoms with E-state index in [1.54, 1.807) is 0 Å². The molecule has 0 aromatic carbocycles. The Labute approximate surface area is 134 Å². The molecular weight excluding hydrogens is 298 g/mol. The van der Waals surface area contributed by atoms with Crippen LogP contribution in [0.3, 0.4) is 0 Å². The summed E-state index contributed by atoms with van der Waals surface area (Å²) in [6.45, 7) is 4.70. The highest BCUT2D eigenvalue weighted by atomic mass is 32.2. The van der Waals surface area contributed by atoms with E-state index in [-0.39, 0.29) is 11.7 Å². The third-order valence-electron chi connectivity index (χ3n) is 4.36. The minimum absolute atomic E-state index is 0.112. The highest BCUT2D eigenvalue weighted by molar-refractivity contribution is 7.99. The van der Waals surface area contributed by atoms with Crippen LogP contribution in [-0.2, 0) is 11.3 Å². The van der Waals surface area contributed by atoms with Crippen LogP contribution in [0, 0.1) is 17.2 Å². The van der Waals surface area contributed by atoms with Gasteiger partial charge in [-0.15, -0.1) is 10.2 Å². The van der Waals surface area contributed by atoms with Gasteiger partial charge in [0.25, 0.3) is 0 Å². The maximum atomic E-state index is 12.1. The van der Waals surface area contributed by atoms with Gasteiger partial charge in [0.15, 0.2) is 5.16 Å². The van der Waals surface area contributed by atoms with Crippen molar-refractivity contribution in [2.24, 2.45) is 5.92 Å². The molecule has 0 bridgehead atoms. The normalized spacial score (nSPS) is 20.2. The molecule has 3 rings (SSSR count). The van der Waals surface area contributed by atoms with E-state index in [0.29, 0.717) is 11.8 Å². The molecule has 1 heterocycles. The van der Waals surface area contributed by atoms with Gasteiger partial charge in [-0.1, -0.05) is 11.8 Å². The van der Waals surface area contributed by atoms with Gasteiger partial charge in [-0.2, -0.15) is 5.26 Å². The zero-order valence-corrected chi connectivity index (χ0v) is 13.8. The number of nitriles is 1. The molecule has 0 saturated heterocycles. The maximum Gasteiger partial charge on any atom is 0.231 e. The quantitative estimate of drug-likeness (QED) is 0.778. The number of carbonyl (C=O) groups excluding carboxylic acids is 1. The number of nitrogens with one attached hydrogen (secondary N) is 1. The van der Waals surface area contributed by atoms with Gasteiger partial charge >= 0.3 is 0 Å². The molecular formula is C15H21N5OS. The van der Waals surface area contributed by atoms with E-state index < -0.39 is 5.54 Å². The van der Waals surface area contributed by atoms with Crippen molar-refractivity contribution >= 4 is 17.7 Å². The standard InChI is InChI=1S/C15H21N5OS/c1-3-20-13(10-4-5-10)18-19-14(20)22-8-12(21)17-15(2,9-16)11-6-7-11/h10-11H,3-8H2,1-2H3,(H,17,21)/t15-/m1/s1. The van der Waals surface area contributed by atoms with Crippen molar-refractivity contribution in [1.29, 1.82) is 5.26 Å². The first-order valence-corrected chi connectivity index (χ1v) is 8.84. The summed E-state index contributed by atoms with van der Waals surface area (Å²) >= 11 is 1.40. The van der Waals surface area contributed by atoms with Crippen molar-refractivity contribution < 1.29 is 4.79 Å². The SMILES string of the molecule is CCn1c(SCC(=O)N[C@](C)(C#N)C2CC2)nnc1C1CC1. The summed E-state index contributed by atoms with van der Waals surface area (Å²) in [5.41, 5.74) is -0.727.